The molecular weight excluding hydrogens is 434 g/mol. The highest BCUT2D eigenvalue weighted by molar-refractivity contribution is 6.53. The molecule has 160 valence electrons. The molecule has 0 unspecified atom stereocenters. The predicted octanol–water partition coefficient (Wildman–Crippen LogP) is 3.86. The van der Waals surface area contributed by atoms with Gasteiger partial charge in [0, 0.05) is 13.1 Å². The van der Waals surface area contributed by atoms with E-state index in [1.165, 1.54) is 11.0 Å². The van der Waals surface area contributed by atoms with Crippen LogP contribution in [0, 0.1) is 12.4 Å². The van der Waals surface area contributed by atoms with E-state index in [1.807, 2.05) is 11.8 Å². The summed E-state index contributed by atoms with van der Waals surface area (Å²) >= 11 is 10.9. The lowest BCUT2D eigenvalue weighted by Crippen LogP contribution is -2.37. The molecule has 2 aliphatic heterocycles. The number of nitrogens with one attached hydrogen (secondary N) is 1. The Morgan fingerprint density at radius 2 is 2.10 bits per heavy atom. The lowest BCUT2D eigenvalue weighted by atomic mass is 10.0. The maximum absolute atomic E-state index is 14.8. The molecule has 7 nitrogen and oxygen atoms in total. The lowest BCUT2D eigenvalue weighted by molar-refractivity contribution is -0.119. The maximum Gasteiger partial charge on any atom is 0.414 e. The first-order chi connectivity index (χ1) is 14.3. The number of anilines is 2. The zero-order valence-electron chi connectivity index (χ0n) is 16.3. The van der Waals surface area contributed by atoms with Crippen LogP contribution in [-0.2, 0) is 9.53 Å². The third-order valence-electron chi connectivity index (χ3n) is 5.21. The van der Waals surface area contributed by atoms with Gasteiger partial charge in [-0.3, -0.25) is 9.69 Å². The average molecular weight is 455 g/mol. The van der Waals surface area contributed by atoms with Gasteiger partial charge < -0.3 is 15.0 Å². The number of halogens is 3. The highest BCUT2D eigenvalue weighted by atomic mass is 35.5. The fraction of sp³-hybridized carbons (Fsp3) is 0.450. The van der Waals surface area contributed by atoms with Gasteiger partial charge in [-0.05, 0) is 38.0 Å². The number of hydrogen-bond acceptors (Lipinski definition) is 4. The van der Waals surface area contributed by atoms with Gasteiger partial charge in [-0.1, -0.05) is 28.8 Å². The largest absolute Gasteiger partial charge is 0.442 e. The first-order valence-corrected chi connectivity index (χ1v) is 10.3. The summed E-state index contributed by atoms with van der Waals surface area (Å²) in [5, 5.41) is 2.49. The van der Waals surface area contributed by atoms with Gasteiger partial charge in [0.05, 0.1) is 31.0 Å². The standard InChI is InChI=1S/C20H21Cl2FN4O3/c1-12(24-2)13-5-7-26(8-6-13)17-4-3-14(9-16(17)23)27-11-15(30-20(27)29)10-25-19(28)18(21)22/h3-4,9,15,18H,5-8,10-11H2,1H3,(H,25,28)/t15-/m0/s1. The van der Waals surface area contributed by atoms with Crippen molar-refractivity contribution < 1.29 is 18.7 Å². The van der Waals surface area contributed by atoms with Gasteiger partial charge in [0.25, 0.3) is 5.91 Å². The summed E-state index contributed by atoms with van der Waals surface area (Å²) in [5.74, 6) is -1.01. The Balaban J connectivity index is 1.64. The molecule has 2 fully saturated rings. The summed E-state index contributed by atoms with van der Waals surface area (Å²) in [7, 11) is 0. The number of piperidine rings is 1. The van der Waals surface area contributed by atoms with E-state index in [1.54, 1.807) is 12.1 Å². The molecule has 30 heavy (non-hydrogen) atoms. The van der Waals surface area contributed by atoms with E-state index < -0.39 is 28.8 Å². The summed E-state index contributed by atoms with van der Waals surface area (Å²) in [4.78, 5) is 29.1. The number of ether oxygens (including phenoxy) is 1. The predicted molar refractivity (Wildman–Crippen MR) is 113 cm³/mol. The van der Waals surface area contributed by atoms with Gasteiger partial charge in [0.15, 0.2) is 10.5 Å². The molecule has 2 aliphatic rings. The molecule has 10 heteroatoms. The number of rotatable bonds is 5. The van der Waals surface area contributed by atoms with Crippen molar-refractivity contribution in [1.82, 2.24) is 5.32 Å². The molecule has 0 spiro atoms. The molecule has 0 bridgehead atoms. The molecule has 1 aromatic carbocycles. The second-order valence-corrected chi connectivity index (χ2v) is 8.18. The number of hydrogen-bond donors (Lipinski definition) is 1. The van der Waals surface area contributed by atoms with Crippen molar-refractivity contribution in [2.75, 3.05) is 36.0 Å². The molecule has 2 amide bonds. The van der Waals surface area contributed by atoms with Crippen LogP contribution in [-0.4, -0.2) is 49.1 Å². The molecule has 0 saturated carbocycles. The number of amides is 2. The van der Waals surface area contributed by atoms with Crippen LogP contribution < -0.4 is 15.1 Å². The van der Waals surface area contributed by atoms with Gasteiger partial charge in [-0.25, -0.2) is 14.0 Å². The fourth-order valence-corrected chi connectivity index (χ4v) is 3.66. The van der Waals surface area contributed by atoms with Crippen LogP contribution in [0.4, 0.5) is 20.6 Å². The highest BCUT2D eigenvalue weighted by Gasteiger charge is 2.33. The van der Waals surface area contributed by atoms with Gasteiger partial charge in [-0.2, -0.15) is 0 Å². The molecule has 1 atom stereocenters. The zero-order chi connectivity index (χ0) is 21.8. The van der Waals surface area contributed by atoms with Crippen LogP contribution in [0.2, 0.25) is 0 Å². The Bertz CT molecular complexity index is 906. The smallest absolute Gasteiger partial charge is 0.414 e. The molecule has 3 rings (SSSR count). The van der Waals surface area contributed by atoms with E-state index >= 15 is 0 Å². The molecule has 2 saturated heterocycles. The van der Waals surface area contributed by atoms with E-state index in [0.717, 1.165) is 24.1 Å². The minimum atomic E-state index is -1.20. The Kier molecular flexibility index (Phi) is 7.06. The molecule has 0 radical (unpaired) electrons. The quantitative estimate of drug-likeness (QED) is 0.541. The number of carbonyl (C=O) groups excluding carboxylic acids is 2. The first kappa shape index (κ1) is 22.2. The molecular formula is C20H21Cl2FN4O3. The lowest BCUT2D eigenvalue weighted by Gasteiger charge is -2.31. The van der Waals surface area contributed by atoms with E-state index in [-0.39, 0.29) is 13.1 Å². The van der Waals surface area contributed by atoms with Crippen LogP contribution >= 0.6 is 23.2 Å². The third kappa shape index (κ3) is 4.97. The first-order valence-electron chi connectivity index (χ1n) is 9.44. The molecule has 1 N–H and O–H groups in total. The second kappa shape index (κ2) is 9.54. The normalized spacial score (nSPS) is 19.0. The van der Waals surface area contributed by atoms with Crippen molar-refractivity contribution in [1.29, 1.82) is 0 Å². The van der Waals surface area contributed by atoms with Crippen molar-refractivity contribution in [3.05, 3.63) is 46.7 Å². The summed E-state index contributed by atoms with van der Waals surface area (Å²) in [6.07, 6.45) is 0.255. The molecule has 0 aliphatic carbocycles. The van der Waals surface area contributed by atoms with E-state index in [9.17, 15) is 14.0 Å². The summed E-state index contributed by atoms with van der Waals surface area (Å²) in [6, 6.07) is 4.62. The molecule has 2 heterocycles. The summed E-state index contributed by atoms with van der Waals surface area (Å²) < 4.78 is 20.0. The Labute approximate surface area is 184 Å². The van der Waals surface area contributed by atoms with E-state index in [2.05, 4.69) is 10.2 Å². The second-order valence-electron chi connectivity index (χ2n) is 7.09. The van der Waals surface area contributed by atoms with Crippen LogP contribution in [0.15, 0.2) is 29.5 Å². The zero-order valence-corrected chi connectivity index (χ0v) is 17.8. The summed E-state index contributed by atoms with van der Waals surface area (Å²) in [6.45, 7) is 10.4. The molecule has 0 aromatic heterocycles. The van der Waals surface area contributed by atoms with Gasteiger partial charge in [-0.15, -0.1) is 0 Å². The van der Waals surface area contributed by atoms with Crippen LogP contribution in [0.3, 0.4) is 0 Å². The highest BCUT2D eigenvalue weighted by Crippen LogP contribution is 2.31. The van der Waals surface area contributed by atoms with Crippen LogP contribution in [0.5, 0.6) is 0 Å². The third-order valence-corrected chi connectivity index (χ3v) is 5.60. The molecule has 1 aromatic rings. The number of alkyl halides is 2. The minimum Gasteiger partial charge on any atom is -0.442 e. The van der Waals surface area contributed by atoms with Crippen molar-refractivity contribution in [2.24, 2.45) is 0 Å². The number of benzene rings is 1. The maximum atomic E-state index is 14.8. The number of cyclic esters (lactones) is 1. The average Bonchev–Trinajstić information content (AvgIpc) is 3.12. The van der Waals surface area contributed by atoms with E-state index in [0.29, 0.717) is 24.5 Å². The monoisotopic (exact) mass is 454 g/mol. The Morgan fingerprint density at radius 3 is 2.70 bits per heavy atom. The Hall–Kier alpha value is -2.50. The van der Waals surface area contributed by atoms with Crippen LogP contribution in [0.25, 0.3) is 4.85 Å². The van der Waals surface area contributed by atoms with Crippen molar-refractivity contribution in [2.45, 2.75) is 30.7 Å². The van der Waals surface area contributed by atoms with Gasteiger partial charge in [0.2, 0.25) is 0 Å². The van der Waals surface area contributed by atoms with Crippen molar-refractivity contribution in [3.63, 3.8) is 0 Å². The van der Waals surface area contributed by atoms with E-state index in [4.69, 9.17) is 34.5 Å². The minimum absolute atomic E-state index is 0.0607. The van der Waals surface area contributed by atoms with Crippen molar-refractivity contribution >= 4 is 46.6 Å². The van der Waals surface area contributed by atoms with Crippen LogP contribution in [0.1, 0.15) is 19.8 Å². The van der Waals surface area contributed by atoms with Gasteiger partial charge >= 0.3 is 6.09 Å². The topological polar surface area (TPSA) is 66.2 Å². The fourth-order valence-electron chi connectivity index (χ4n) is 3.51. The van der Waals surface area contributed by atoms with Crippen molar-refractivity contribution in [3.8, 4) is 0 Å². The summed E-state index contributed by atoms with van der Waals surface area (Å²) in [5.41, 5.74) is 2.68. The van der Waals surface area contributed by atoms with Gasteiger partial charge in [0.1, 0.15) is 11.9 Å². The number of allylic oxidation sites excluding steroid dienone is 1. The Morgan fingerprint density at radius 1 is 1.40 bits per heavy atom. The SMILES string of the molecule is [C-]#[N+]C(C)=C1CCN(c2ccc(N3C[C@H](CNC(=O)C(Cl)Cl)OC3=O)cc2F)CC1. The number of nitrogens with zero attached hydrogens (tertiary/aromatic N) is 3. The number of carbonyl (C=O) groups is 2.